The van der Waals surface area contributed by atoms with Crippen LogP contribution in [0.4, 0.5) is 0 Å². The lowest BCUT2D eigenvalue weighted by molar-refractivity contribution is -0.167. The van der Waals surface area contributed by atoms with Gasteiger partial charge in [0, 0.05) is 18.0 Å². The van der Waals surface area contributed by atoms with E-state index in [9.17, 15) is 4.79 Å². The number of benzene rings is 1. The first-order chi connectivity index (χ1) is 12.4. The number of rotatable bonds is 4. The van der Waals surface area contributed by atoms with Crippen molar-refractivity contribution in [2.45, 2.75) is 64.1 Å². The van der Waals surface area contributed by atoms with E-state index in [0.717, 1.165) is 25.2 Å². The van der Waals surface area contributed by atoms with Crippen LogP contribution in [0.15, 0.2) is 24.3 Å². The number of carbonyl (C=O) groups is 1. The Balaban J connectivity index is 1.70. The van der Waals surface area contributed by atoms with Gasteiger partial charge in [0.25, 0.3) is 0 Å². The monoisotopic (exact) mass is 378 g/mol. The highest BCUT2D eigenvalue weighted by Gasteiger charge is 2.43. The predicted molar refractivity (Wildman–Crippen MR) is 105 cm³/mol. The third kappa shape index (κ3) is 4.41. The number of morpholine rings is 1. The summed E-state index contributed by atoms with van der Waals surface area (Å²) in [5.41, 5.74) is 0.738. The van der Waals surface area contributed by atoms with Gasteiger partial charge in [-0.05, 0) is 64.4 Å². The van der Waals surface area contributed by atoms with Crippen LogP contribution in [0.3, 0.4) is 0 Å². The maximum absolute atomic E-state index is 13.1. The zero-order valence-corrected chi connectivity index (χ0v) is 17.0. The lowest BCUT2D eigenvalue weighted by Crippen LogP contribution is -2.60. The van der Waals surface area contributed by atoms with Crippen LogP contribution in [0.1, 0.15) is 58.1 Å². The number of amides is 1. The number of nitrogens with zero attached hydrogens (tertiary/aromatic N) is 2. The quantitative estimate of drug-likeness (QED) is 0.783. The van der Waals surface area contributed by atoms with E-state index in [1.807, 2.05) is 29.2 Å². The molecule has 0 spiro atoms. The molecule has 26 heavy (non-hydrogen) atoms. The largest absolute Gasteiger partial charge is 0.369 e. The van der Waals surface area contributed by atoms with Gasteiger partial charge in [-0.15, -0.1) is 0 Å². The molecular formula is C21H31ClN2O2. The molecular weight excluding hydrogens is 348 g/mol. The molecule has 0 unspecified atom stereocenters. The second-order valence-electron chi connectivity index (χ2n) is 8.26. The van der Waals surface area contributed by atoms with Crippen molar-refractivity contribution in [2.24, 2.45) is 0 Å². The fraction of sp³-hybridized carbons (Fsp3) is 0.667. The van der Waals surface area contributed by atoms with Crippen molar-refractivity contribution in [1.82, 2.24) is 9.80 Å². The molecule has 2 aliphatic heterocycles. The second kappa shape index (κ2) is 8.28. The smallest absolute Gasteiger partial charge is 0.224 e. The molecule has 2 atom stereocenters. The Morgan fingerprint density at radius 1 is 1.27 bits per heavy atom. The zero-order chi connectivity index (χ0) is 18.7. The standard InChI is InChI=1S/C21H31ClN2O2/c1-16-20(17-8-7-9-18(22)14-17)26-15-21(2,3)24(16)19(25)10-13-23-11-5-4-6-12-23/h7-9,14,16,20H,4-6,10-13,15H2,1-3H3/t16-,20+/m0/s1. The normalized spacial score (nSPS) is 26.7. The number of likely N-dealkylation sites (tertiary alicyclic amines) is 1. The molecule has 1 aromatic rings. The number of piperidine rings is 1. The Bertz CT molecular complexity index is 628. The van der Waals surface area contributed by atoms with Crippen molar-refractivity contribution < 1.29 is 9.53 Å². The van der Waals surface area contributed by atoms with Crippen LogP contribution in [-0.4, -0.2) is 53.5 Å². The molecule has 0 radical (unpaired) electrons. The summed E-state index contributed by atoms with van der Waals surface area (Å²) < 4.78 is 6.16. The molecule has 1 amide bonds. The summed E-state index contributed by atoms with van der Waals surface area (Å²) in [5, 5.41) is 0.700. The lowest BCUT2D eigenvalue weighted by atomic mass is 9.92. The van der Waals surface area contributed by atoms with Gasteiger partial charge in [0.2, 0.25) is 5.91 Å². The van der Waals surface area contributed by atoms with E-state index < -0.39 is 0 Å². The van der Waals surface area contributed by atoms with Crippen LogP contribution in [0.5, 0.6) is 0 Å². The Morgan fingerprint density at radius 3 is 2.69 bits per heavy atom. The molecule has 144 valence electrons. The van der Waals surface area contributed by atoms with E-state index in [4.69, 9.17) is 16.3 Å². The van der Waals surface area contributed by atoms with Gasteiger partial charge in [0.15, 0.2) is 0 Å². The van der Waals surface area contributed by atoms with Crippen molar-refractivity contribution in [3.63, 3.8) is 0 Å². The van der Waals surface area contributed by atoms with Gasteiger partial charge < -0.3 is 14.5 Å². The topological polar surface area (TPSA) is 32.8 Å². The highest BCUT2D eigenvalue weighted by atomic mass is 35.5. The van der Waals surface area contributed by atoms with Crippen LogP contribution < -0.4 is 0 Å². The second-order valence-corrected chi connectivity index (χ2v) is 8.69. The lowest BCUT2D eigenvalue weighted by Gasteiger charge is -2.50. The van der Waals surface area contributed by atoms with Gasteiger partial charge in [0.1, 0.15) is 6.10 Å². The van der Waals surface area contributed by atoms with E-state index in [2.05, 4.69) is 25.7 Å². The van der Waals surface area contributed by atoms with Crippen molar-refractivity contribution in [3.05, 3.63) is 34.9 Å². The minimum Gasteiger partial charge on any atom is -0.369 e. The maximum atomic E-state index is 13.1. The summed E-state index contributed by atoms with van der Waals surface area (Å²) in [5.74, 6) is 0.225. The SMILES string of the molecule is C[C@H]1[C@H](c2cccc(Cl)c2)OCC(C)(C)N1C(=O)CCN1CCCCC1. The molecule has 2 heterocycles. The average molecular weight is 379 g/mol. The third-order valence-electron chi connectivity index (χ3n) is 5.65. The number of carbonyl (C=O) groups excluding carboxylic acids is 1. The van der Waals surface area contributed by atoms with E-state index in [1.54, 1.807) is 0 Å². The van der Waals surface area contributed by atoms with E-state index in [0.29, 0.717) is 18.1 Å². The summed E-state index contributed by atoms with van der Waals surface area (Å²) in [7, 11) is 0. The van der Waals surface area contributed by atoms with Gasteiger partial charge >= 0.3 is 0 Å². The van der Waals surface area contributed by atoms with E-state index >= 15 is 0 Å². The molecule has 5 heteroatoms. The third-order valence-corrected chi connectivity index (χ3v) is 5.89. The summed E-state index contributed by atoms with van der Waals surface area (Å²) in [4.78, 5) is 17.6. The molecule has 0 N–H and O–H groups in total. The minimum atomic E-state index is -0.298. The minimum absolute atomic E-state index is 0.0222. The van der Waals surface area contributed by atoms with Gasteiger partial charge in [-0.1, -0.05) is 30.2 Å². The molecule has 2 saturated heterocycles. The van der Waals surface area contributed by atoms with Crippen LogP contribution >= 0.6 is 11.6 Å². The van der Waals surface area contributed by atoms with Crippen molar-refractivity contribution in [3.8, 4) is 0 Å². The first kappa shape index (κ1) is 19.7. The average Bonchev–Trinajstić information content (AvgIpc) is 2.60. The predicted octanol–water partition coefficient (Wildman–Crippen LogP) is 4.28. The summed E-state index contributed by atoms with van der Waals surface area (Å²) in [6, 6.07) is 7.75. The van der Waals surface area contributed by atoms with Crippen LogP contribution in [0.25, 0.3) is 0 Å². The van der Waals surface area contributed by atoms with Crippen molar-refractivity contribution in [1.29, 1.82) is 0 Å². The number of ether oxygens (including phenoxy) is 1. The first-order valence-corrected chi connectivity index (χ1v) is 10.2. The van der Waals surface area contributed by atoms with Crippen molar-refractivity contribution in [2.75, 3.05) is 26.2 Å². The van der Waals surface area contributed by atoms with Gasteiger partial charge in [0.05, 0.1) is 18.2 Å². The molecule has 4 nitrogen and oxygen atoms in total. The summed E-state index contributed by atoms with van der Waals surface area (Å²) in [6.07, 6.45) is 4.27. The van der Waals surface area contributed by atoms with E-state index in [1.165, 1.54) is 19.3 Å². The number of hydrogen-bond acceptors (Lipinski definition) is 3. The van der Waals surface area contributed by atoms with Gasteiger partial charge in [-0.3, -0.25) is 4.79 Å². The fourth-order valence-electron chi connectivity index (χ4n) is 4.37. The van der Waals surface area contributed by atoms with Crippen LogP contribution in [0.2, 0.25) is 5.02 Å². The summed E-state index contributed by atoms with van der Waals surface area (Å²) in [6.45, 7) is 9.92. The number of halogens is 1. The molecule has 0 saturated carbocycles. The molecule has 2 fully saturated rings. The Hall–Kier alpha value is -1.10. The molecule has 2 aliphatic rings. The van der Waals surface area contributed by atoms with Crippen LogP contribution in [-0.2, 0) is 9.53 Å². The van der Waals surface area contributed by atoms with Gasteiger partial charge in [-0.2, -0.15) is 0 Å². The Morgan fingerprint density at radius 2 is 2.00 bits per heavy atom. The van der Waals surface area contributed by atoms with Crippen molar-refractivity contribution >= 4 is 17.5 Å². The Kier molecular flexibility index (Phi) is 6.26. The first-order valence-electron chi connectivity index (χ1n) is 9.80. The Labute approximate surface area is 162 Å². The molecule has 0 aromatic heterocycles. The van der Waals surface area contributed by atoms with E-state index in [-0.39, 0.29) is 23.6 Å². The summed E-state index contributed by atoms with van der Waals surface area (Å²) >= 11 is 6.16. The molecule has 0 bridgehead atoms. The maximum Gasteiger partial charge on any atom is 0.224 e. The highest BCUT2D eigenvalue weighted by molar-refractivity contribution is 6.30. The van der Waals surface area contributed by atoms with Crippen LogP contribution in [0, 0.1) is 0 Å². The zero-order valence-electron chi connectivity index (χ0n) is 16.2. The molecule has 0 aliphatic carbocycles. The molecule has 1 aromatic carbocycles. The fourth-order valence-corrected chi connectivity index (χ4v) is 4.57. The molecule has 3 rings (SSSR count). The number of hydrogen-bond donors (Lipinski definition) is 0. The van der Waals surface area contributed by atoms with Gasteiger partial charge in [-0.25, -0.2) is 0 Å². The highest BCUT2D eigenvalue weighted by Crippen LogP contribution is 2.36.